The third-order valence-corrected chi connectivity index (χ3v) is 4.51. The molecule has 1 unspecified atom stereocenters. The second-order valence-corrected chi connectivity index (χ2v) is 6.15. The van der Waals surface area contributed by atoms with Crippen LogP contribution in [0.15, 0.2) is 5.11 Å². The van der Waals surface area contributed by atoms with Crippen molar-refractivity contribution in [1.82, 2.24) is 5.32 Å². The standard InChI is InChI=1S/C10H19N5OS/c1-9(2)5-10(8(11)16,7-17-6-9)13-3-4-14-15-12/h13H,3-7H2,1-2H3,(H2,11,16). The Morgan fingerprint density at radius 3 is 2.82 bits per heavy atom. The summed E-state index contributed by atoms with van der Waals surface area (Å²) in [5.41, 5.74) is 13.1. The number of rotatable bonds is 5. The average molecular weight is 257 g/mol. The molecule has 0 aromatic carbocycles. The molecule has 1 heterocycles. The molecule has 0 aromatic heterocycles. The van der Waals surface area contributed by atoms with Gasteiger partial charge in [0.2, 0.25) is 5.91 Å². The van der Waals surface area contributed by atoms with Crippen molar-refractivity contribution in [2.45, 2.75) is 25.8 Å². The Hall–Kier alpha value is -0.910. The topological polar surface area (TPSA) is 104 Å². The zero-order chi connectivity index (χ0) is 12.9. The van der Waals surface area contributed by atoms with Crippen LogP contribution in [0.4, 0.5) is 0 Å². The van der Waals surface area contributed by atoms with Gasteiger partial charge in [-0.25, -0.2) is 0 Å². The quantitative estimate of drug-likeness (QED) is 0.335. The van der Waals surface area contributed by atoms with Crippen molar-refractivity contribution in [2.24, 2.45) is 16.3 Å². The highest BCUT2D eigenvalue weighted by molar-refractivity contribution is 7.99. The molecule has 96 valence electrons. The molecule has 0 bridgehead atoms. The van der Waals surface area contributed by atoms with Crippen molar-refractivity contribution in [1.29, 1.82) is 0 Å². The summed E-state index contributed by atoms with van der Waals surface area (Å²) in [6, 6.07) is 0. The van der Waals surface area contributed by atoms with Crippen molar-refractivity contribution in [3.05, 3.63) is 10.4 Å². The lowest BCUT2D eigenvalue weighted by Crippen LogP contribution is -2.61. The summed E-state index contributed by atoms with van der Waals surface area (Å²) in [5.74, 6) is 1.39. The normalized spacial score (nSPS) is 27.2. The molecule has 7 heteroatoms. The number of hydrogen-bond acceptors (Lipinski definition) is 4. The molecule has 6 nitrogen and oxygen atoms in total. The van der Waals surface area contributed by atoms with E-state index in [0.717, 1.165) is 12.2 Å². The highest BCUT2D eigenvalue weighted by Gasteiger charge is 2.44. The molecule has 1 aliphatic rings. The molecule has 0 spiro atoms. The first-order valence-corrected chi connectivity index (χ1v) is 6.71. The van der Waals surface area contributed by atoms with Gasteiger partial charge in [-0.3, -0.25) is 4.79 Å². The lowest BCUT2D eigenvalue weighted by atomic mass is 9.79. The van der Waals surface area contributed by atoms with Crippen molar-refractivity contribution in [3.8, 4) is 0 Å². The summed E-state index contributed by atoms with van der Waals surface area (Å²) < 4.78 is 0. The Labute approximate surface area is 105 Å². The monoisotopic (exact) mass is 257 g/mol. The predicted octanol–water partition coefficient (Wildman–Crippen LogP) is 1.27. The Bertz CT molecular complexity index is 340. The second-order valence-electron chi connectivity index (χ2n) is 5.16. The highest BCUT2D eigenvalue weighted by Crippen LogP contribution is 2.38. The maximum absolute atomic E-state index is 11.7. The first-order valence-electron chi connectivity index (χ1n) is 5.55. The van der Waals surface area contributed by atoms with Crippen LogP contribution in [-0.4, -0.2) is 36.0 Å². The molecule has 1 atom stereocenters. The van der Waals surface area contributed by atoms with Crippen LogP contribution in [0.2, 0.25) is 0 Å². The minimum atomic E-state index is -0.669. The average Bonchev–Trinajstić information content (AvgIpc) is 2.23. The number of carbonyl (C=O) groups excluding carboxylic acids is 1. The first-order chi connectivity index (χ1) is 7.92. The number of nitrogens with two attached hydrogens (primary N) is 1. The van der Waals surface area contributed by atoms with Gasteiger partial charge in [0.25, 0.3) is 0 Å². The van der Waals surface area contributed by atoms with Gasteiger partial charge < -0.3 is 11.1 Å². The van der Waals surface area contributed by atoms with Crippen LogP contribution in [0, 0.1) is 5.41 Å². The van der Waals surface area contributed by atoms with Crippen molar-refractivity contribution >= 4 is 17.7 Å². The molecular weight excluding hydrogens is 238 g/mol. The van der Waals surface area contributed by atoms with Crippen LogP contribution in [-0.2, 0) is 4.79 Å². The lowest BCUT2D eigenvalue weighted by Gasteiger charge is -2.43. The van der Waals surface area contributed by atoms with E-state index < -0.39 is 5.54 Å². The van der Waals surface area contributed by atoms with E-state index in [1.54, 1.807) is 11.8 Å². The van der Waals surface area contributed by atoms with E-state index in [4.69, 9.17) is 11.3 Å². The van der Waals surface area contributed by atoms with E-state index in [-0.39, 0.29) is 11.3 Å². The lowest BCUT2D eigenvalue weighted by molar-refractivity contribution is -0.124. The summed E-state index contributed by atoms with van der Waals surface area (Å²) in [4.78, 5) is 14.3. The van der Waals surface area contributed by atoms with Crippen molar-refractivity contribution in [2.75, 3.05) is 24.6 Å². The van der Waals surface area contributed by atoms with Crippen LogP contribution < -0.4 is 11.1 Å². The second kappa shape index (κ2) is 5.62. The first kappa shape index (κ1) is 14.2. The predicted molar refractivity (Wildman–Crippen MR) is 69.7 cm³/mol. The van der Waals surface area contributed by atoms with E-state index in [9.17, 15) is 4.79 Å². The maximum atomic E-state index is 11.7. The zero-order valence-corrected chi connectivity index (χ0v) is 11.1. The summed E-state index contributed by atoms with van der Waals surface area (Å²) in [5, 5.41) is 6.61. The molecule has 0 aromatic rings. The number of nitrogens with zero attached hydrogens (tertiary/aromatic N) is 3. The number of primary amides is 1. The number of nitrogens with one attached hydrogen (secondary N) is 1. The van der Waals surface area contributed by atoms with Gasteiger partial charge in [-0.15, -0.1) is 0 Å². The van der Waals surface area contributed by atoms with E-state index in [1.807, 2.05) is 0 Å². The molecular formula is C10H19N5OS. The van der Waals surface area contributed by atoms with Gasteiger partial charge in [0.15, 0.2) is 0 Å². The third-order valence-electron chi connectivity index (χ3n) is 2.83. The molecule has 0 saturated carbocycles. The van der Waals surface area contributed by atoms with E-state index in [2.05, 4.69) is 29.2 Å². The van der Waals surface area contributed by atoms with Crippen LogP contribution in [0.25, 0.3) is 10.4 Å². The van der Waals surface area contributed by atoms with Gasteiger partial charge in [0.05, 0.1) is 0 Å². The Kier molecular flexibility index (Phi) is 4.68. The third kappa shape index (κ3) is 3.80. The SMILES string of the molecule is CC1(C)CSCC(NCCN=[N+]=[N-])(C(N)=O)C1. The summed E-state index contributed by atoms with van der Waals surface area (Å²) in [6.07, 6.45) is 0.721. The van der Waals surface area contributed by atoms with Gasteiger partial charge in [-0.2, -0.15) is 11.8 Å². The number of amides is 1. The molecule has 1 aliphatic heterocycles. The van der Waals surface area contributed by atoms with Crippen LogP contribution in [0.5, 0.6) is 0 Å². The fourth-order valence-electron chi connectivity index (χ4n) is 2.17. The summed E-state index contributed by atoms with van der Waals surface area (Å²) in [7, 11) is 0. The fraction of sp³-hybridized carbons (Fsp3) is 0.900. The molecule has 1 saturated heterocycles. The molecule has 0 aliphatic carbocycles. The van der Waals surface area contributed by atoms with Crippen molar-refractivity contribution < 1.29 is 4.79 Å². The largest absolute Gasteiger partial charge is 0.368 e. The molecule has 1 fully saturated rings. The fourth-order valence-corrected chi connectivity index (χ4v) is 3.62. The number of carbonyl (C=O) groups is 1. The van der Waals surface area contributed by atoms with E-state index in [1.165, 1.54) is 0 Å². The molecule has 1 amide bonds. The minimum absolute atomic E-state index is 0.0867. The number of azide groups is 1. The maximum Gasteiger partial charge on any atom is 0.238 e. The van der Waals surface area contributed by atoms with E-state index >= 15 is 0 Å². The zero-order valence-electron chi connectivity index (χ0n) is 10.3. The van der Waals surface area contributed by atoms with Crippen LogP contribution in [0.3, 0.4) is 0 Å². The Balaban J connectivity index is 2.68. The van der Waals surface area contributed by atoms with Gasteiger partial charge >= 0.3 is 0 Å². The Morgan fingerprint density at radius 2 is 2.29 bits per heavy atom. The highest BCUT2D eigenvalue weighted by atomic mass is 32.2. The van der Waals surface area contributed by atoms with Gasteiger partial charge in [0.1, 0.15) is 5.54 Å². The van der Waals surface area contributed by atoms with Crippen molar-refractivity contribution in [3.63, 3.8) is 0 Å². The number of thioether (sulfide) groups is 1. The summed E-state index contributed by atoms with van der Waals surface area (Å²) >= 11 is 1.73. The Morgan fingerprint density at radius 1 is 1.59 bits per heavy atom. The molecule has 17 heavy (non-hydrogen) atoms. The smallest absolute Gasteiger partial charge is 0.238 e. The minimum Gasteiger partial charge on any atom is -0.368 e. The van der Waals surface area contributed by atoms with Gasteiger partial charge in [-0.1, -0.05) is 19.0 Å². The molecule has 1 rings (SSSR count). The summed E-state index contributed by atoms with van der Waals surface area (Å²) in [6.45, 7) is 5.07. The molecule has 0 radical (unpaired) electrons. The van der Waals surface area contributed by atoms with Gasteiger partial charge in [0, 0.05) is 23.8 Å². The van der Waals surface area contributed by atoms with Crippen LogP contribution >= 0.6 is 11.8 Å². The molecule has 3 N–H and O–H groups in total. The van der Waals surface area contributed by atoms with Crippen LogP contribution in [0.1, 0.15) is 20.3 Å². The van der Waals surface area contributed by atoms with Gasteiger partial charge in [-0.05, 0) is 23.1 Å². The number of hydrogen-bond donors (Lipinski definition) is 2. The van der Waals surface area contributed by atoms with E-state index in [0.29, 0.717) is 18.8 Å².